The normalized spacial score (nSPS) is 52.2. The molecule has 0 aromatic heterocycles. The molecule has 1 N–H and O–H groups in total. The van der Waals surface area contributed by atoms with Gasteiger partial charge < -0.3 is 5.11 Å². The number of aliphatic hydroxyl groups excluding tert-OH is 1. The second kappa shape index (κ2) is 2.23. The van der Waals surface area contributed by atoms with Crippen molar-refractivity contribution in [3.05, 3.63) is 0 Å². The minimum atomic E-state index is 0.0628. The molecule has 58 valence electrons. The maximum absolute atomic E-state index is 9.43. The van der Waals surface area contributed by atoms with Crippen LogP contribution in [0, 0.1) is 17.8 Å². The van der Waals surface area contributed by atoms with Gasteiger partial charge in [0.1, 0.15) is 0 Å². The second-order valence-electron chi connectivity index (χ2n) is 3.96. The van der Waals surface area contributed by atoms with E-state index in [-0.39, 0.29) is 6.10 Å². The fourth-order valence-electron chi connectivity index (χ4n) is 2.86. The lowest BCUT2D eigenvalue weighted by Crippen LogP contribution is -2.20. The van der Waals surface area contributed by atoms with E-state index in [4.69, 9.17) is 0 Å². The van der Waals surface area contributed by atoms with E-state index in [1.54, 1.807) is 0 Å². The molecule has 2 rings (SSSR count). The van der Waals surface area contributed by atoms with Crippen molar-refractivity contribution >= 4 is 0 Å². The van der Waals surface area contributed by atoms with Gasteiger partial charge in [-0.3, -0.25) is 0 Å². The Hall–Kier alpha value is -0.0400. The maximum Gasteiger partial charge on any atom is 0.0571 e. The molecule has 0 unspecified atom stereocenters. The summed E-state index contributed by atoms with van der Waals surface area (Å²) in [6.07, 6.45) is 5.12. The van der Waals surface area contributed by atoms with Gasteiger partial charge in [0.25, 0.3) is 0 Å². The summed E-state index contributed by atoms with van der Waals surface area (Å²) in [5.41, 5.74) is 0. The Morgan fingerprint density at radius 2 is 2.00 bits per heavy atom. The summed E-state index contributed by atoms with van der Waals surface area (Å²) in [5.74, 6) is 2.51. The maximum atomic E-state index is 9.43. The van der Waals surface area contributed by atoms with E-state index in [2.05, 4.69) is 6.92 Å². The van der Waals surface area contributed by atoms with Crippen molar-refractivity contribution in [2.24, 2.45) is 17.8 Å². The molecule has 1 nitrogen and oxygen atoms in total. The summed E-state index contributed by atoms with van der Waals surface area (Å²) in [5, 5.41) is 9.43. The summed E-state index contributed by atoms with van der Waals surface area (Å²) in [6.45, 7) is 2.28. The van der Waals surface area contributed by atoms with Gasteiger partial charge in [-0.2, -0.15) is 0 Å². The first kappa shape index (κ1) is 6.66. The number of hydrogen-bond donors (Lipinski definition) is 1. The Balaban J connectivity index is 2.02. The molecule has 2 saturated carbocycles. The van der Waals surface area contributed by atoms with Crippen LogP contribution in [0.3, 0.4) is 0 Å². The highest BCUT2D eigenvalue weighted by molar-refractivity contribution is 4.94. The summed E-state index contributed by atoms with van der Waals surface area (Å²) in [7, 11) is 0. The molecule has 10 heavy (non-hydrogen) atoms. The largest absolute Gasteiger partial charge is 0.393 e. The molecule has 0 saturated heterocycles. The smallest absolute Gasteiger partial charge is 0.0571 e. The Bertz CT molecular complexity index is 131. The average Bonchev–Trinajstić information content (AvgIpc) is 2.44. The van der Waals surface area contributed by atoms with Crippen LogP contribution in [-0.2, 0) is 0 Å². The number of hydrogen-bond acceptors (Lipinski definition) is 1. The SMILES string of the molecule is CC[C@H]1C[C@H]2C[C@@H]1C[C@H]2O. The van der Waals surface area contributed by atoms with Crippen LogP contribution in [0.4, 0.5) is 0 Å². The van der Waals surface area contributed by atoms with Gasteiger partial charge in [0.05, 0.1) is 6.10 Å². The van der Waals surface area contributed by atoms with Crippen LogP contribution >= 0.6 is 0 Å². The molecule has 0 radical (unpaired) electrons. The van der Waals surface area contributed by atoms with E-state index >= 15 is 0 Å². The van der Waals surface area contributed by atoms with Gasteiger partial charge in [0.15, 0.2) is 0 Å². The average molecular weight is 140 g/mol. The molecule has 2 bridgehead atoms. The molecule has 1 heteroatoms. The van der Waals surface area contributed by atoms with Crippen LogP contribution in [-0.4, -0.2) is 11.2 Å². The Morgan fingerprint density at radius 1 is 1.20 bits per heavy atom. The molecule has 0 heterocycles. The van der Waals surface area contributed by atoms with Gasteiger partial charge in [-0.25, -0.2) is 0 Å². The van der Waals surface area contributed by atoms with Crippen molar-refractivity contribution in [1.29, 1.82) is 0 Å². The van der Waals surface area contributed by atoms with E-state index < -0.39 is 0 Å². The third-order valence-corrected chi connectivity index (χ3v) is 3.49. The Kier molecular flexibility index (Phi) is 1.48. The fourth-order valence-corrected chi connectivity index (χ4v) is 2.86. The topological polar surface area (TPSA) is 20.2 Å². The molecule has 2 fully saturated rings. The molecule has 0 aromatic rings. The van der Waals surface area contributed by atoms with E-state index in [1.165, 1.54) is 19.3 Å². The lowest BCUT2D eigenvalue weighted by molar-refractivity contribution is 0.0943. The predicted octanol–water partition coefficient (Wildman–Crippen LogP) is 1.80. The molecule has 2 aliphatic carbocycles. The molecule has 0 amide bonds. The van der Waals surface area contributed by atoms with Crippen LogP contribution < -0.4 is 0 Å². The van der Waals surface area contributed by atoms with Crippen molar-refractivity contribution in [3.63, 3.8) is 0 Å². The molecule has 2 aliphatic rings. The van der Waals surface area contributed by atoms with Crippen molar-refractivity contribution in [3.8, 4) is 0 Å². The highest BCUT2D eigenvalue weighted by Gasteiger charge is 2.43. The predicted molar refractivity (Wildman–Crippen MR) is 40.6 cm³/mol. The van der Waals surface area contributed by atoms with Crippen LogP contribution in [0.15, 0.2) is 0 Å². The van der Waals surface area contributed by atoms with Crippen molar-refractivity contribution < 1.29 is 5.11 Å². The van der Waals surface area contributed by atoms with Gasteiger partial charge in [0, 0.05) is 0 Å². The third-order valence-electron chi connectivity index (χ3n) is 3.49. The van der Waals surface area contributed by atoms with Gasteiger partial charge in [-0.15, -0.1) is 0 Å². The number of rotatable bonds is 1. The van der Waals surface area contributed by atoms with Gasteiger partial charge in [-0.1, -0.05) is 13.3 Å². The minimum absolute atomic E-state index is 0.0628. The minimum Gasteiger partial charge on any atom is -0.393 e. The van der Waals surface area contributed by atoms with Gasteiger partial charge >= 0.3 is 0 Å². The zero-order chi connectivity index (χ0) is 7.14. The summed E-state index contributed by atoms with van der Waals surface area (Å²) >= 11 is 0. The second-order valence-corrected chi connectivity index (χ2v) is 3.96. The van der Waals surface area contributed by atoms with Crippen LogP contribution in [0.2, 0.25) is 0 Å². The summed E-state index contributed by atoms with van der Waals surface area (Å²) < 4.78 is 0. The first-order valence-electron chi connectivity index (χ1n) is 4.49. The summed E-state index contributed by atoms with van der Waals surface area (Å²) in [6, 6.07) is 0. The molecular formula is C9H16O. The number of aliphatic hydroxyl groups is 1. The molecule has 0 spiro atoms. The van der Waals surface area contributed by atoms with E-state index in [9.17, 15) is 5.11 Å². The van der Waals surface area contributed by atoms with Crippen molar-refractivity contribution in [2.45, 2.75) is 38.7 Å². The zero-order valence-corrected chi connectivity index (χ0v) is 6.59. The Morgan fingerprint density at radius 3 is 2.40 bits per heavy atom. The van der Waals surface area contributed by atoms with Crippen LogP contribution in [0.1, 0.15) is 32.6 Å². The van der Waals surface area contributed by atoms with Gasteiger partial charge in [-0.05, 0) is 37.0 Å². The van der Waals surface area contributed by atoms with Gasteiger partial charge in [0.2, 0.25) is 0 Å². The van der Waals surface area contributed by atoms with Crippen molar-refractivity contribution in [2.75, 3.05) is 0 Å². The summed E-state index contributed by atoms with van der Waals surface area (Å²) in [4.78, 5) is 0. The fraction of sp³-hybridized carbons (Fsp3) is 1.00. The number of fused-ring (bicyclic) bond motifs is 2. The third kappa shape index (κ3) is 0.800. The van der Waals surface area contributed by atoms with Crippen molar-refractivity contribution in [1.82, 2.24) is 0 Å². The first-order valence-corrected chi connectivity index (χ1v) is 4.49. The van der Waals surface area contributed by atoms with Crippen LogP contribution in [0.5, 0.6) is 0 Å². The van der Waals surface area contributed by atoms with E-state index in [0.717, 1.165) is 18.3 Å². The zero-order valence-electron chi connectivity index (χ0n) is 6.59. The molecule has 0 aromatic carbocycles. The first-order chi connectivity index (χ1) is 4.81. The molecule has 4 atom stereocenters. The lowest BCUT2D eigenvalue weighted by Gasteiger charge is -2.23. The standard InChI is InChI=1S/C9H16O/c1-2-6-3-8-4-7(6)5-9(8)10/h6-10H,2-5H2,1H3/t6-,7+,8-,9+/m0/s1. The quantitative estimate of drug-likeness (QED) is 0.589. The Labute approximate surface area is 62.4 Å². The molecule has 0 aliphatic heterocycles. The monoisotopic (exact) mass is 140 g/mol. The molecular weight excluding hydrogens is 124 g/mol. The highest BCUT2D eigenvalue weighted by atomic mass is 16.3. The van der Waals surface area contributed by atoms with E-state index in [0.29, 0.717) is 5.92 Å². The lowest BCUT2D eigenvalue weighted by atomic mass is 9.86. The van der Waals surface area contributed by atoms with Crippen LogP contribution in [0.25, 0.3) is 0 Å². The highest BCUT2D eigenvalue weighted by Crippen LogP contribution is 2.49. The van der Waals surface area contributed by atoms with E-state index in [1.807, 2.05) is 0 Å².